The third-order valence-electron chi connectivity index (χ3n) is 2.79. The van der Waals surface area contributed by atoms with E-state index in [1.165, 1.54) is 16.5 Å². The molecule has 0 aliphatic carbocycles. The minimum atomic E-state index is -1.04. The number of aliphatic carboxylic acids is 1. The zero-order valence-corrected chi connectivity index (χ0v) is 12.0. The maximum absolute atomic E-state index is 11.2. The molecule has 0 aromatic carbocycles. The minimum Gasteiger partial charge on any atom is -0.480 e. The van der Waals surface area contributed by atoms with E-state index in [0.717, 1.165) is 0 Å². The van der Waals surface area contributed by atoms with Crippen molar-refractivity contribution in [3.8, 4) is 0 Å². The van der Waals surface area contributed by atoms with Gasteiger partial charge in [0, 0.05) is 20.1 Å². The van der Waals surface area contributed by atoms with E-state index in [-0.39, 0.29) is 23.7 Å². The summed E-state index contributed by atoms with van der Waals surface area (Å²) in [5, 5.41) is 24.1. The Labute approximate surface area is 116 Å². The summed E-state index contributed by atoms with van der Waals surface area (Å²) >= 11 is 0. The van der Waals surface area contributed by atoms with Crippen LogP contribution in [-0.2, 0) is 11.8 Å². The topological polar surface area (TPSA) is 105 Å². The summed E-state index contributed by atoms with van der Waals surface area (Å²) in [4.78, 5) is 24.9. The first-order valence-corrected chi connectivity index (χ1v) is 6.03. The molecule has 0 saturated carbocycles. The summed E-state index contributed by atoms with van der Waals surface area (Å²) in [5.41, 5.74) is 0.125. The number of carboxylic acids is 1. The van der Waals surface area contributed by atoms with Gasteiger partial charge in [0.15, 0.2) is 0 Å². The maximum Gasteiger partial charge on any atom is 0.333 e. The minimum absolute atomic E-state index is 0.146. The van der Waals surface area contributed by atoms with Gasteiger partial charge >= 0.3 is 11.7 Å². The predicted octanol–water partition coefficient (Wildman–Crippen LogP) is 0.0893. The van der Waals surface area contributed by atoms with Crippen LogP contribution in [0.3, 0.4) is 0 Å². The molecule has 9 heteroatoms. The first kappa shape index (κ1) is 15.9. The normalized spacial score (nSPS) is 10.8. The van der Waals surface area contributed by atoms with Gasteiger partial charge in [0.25, 0.3) is 0 Å². The monoisotopic (exact) mass is 285 g/mol. The summed E-state index contributed by atoms with van der Waals surface area (Å²) in [6.07, 6.45) is 0. The van der Waals surface area contributed by atoms with Gasteiger partial charge in [-0.1, -0.05) is 0 Å². The molecule has 1 heterocycles. The van der Waals surface area contributed by atoms with Crippen molar-refractivity contribution in [1.82, 2.24) is 14.7 Å². The number of nitrogens with zero attached hydrogens (tertiary/aromatic N) is 5. The number of anilines is 1. The van der Waals surface area contributed by atoms with Crippen LogP contribution in [0.4, 0.5) is 11.5 Å². The van der Waals surface area contributed by atoms with Crippen molar-refractivity contribution < 1.29 is 14.8 Å². The molecule has 20 heavy (non-hydrogen) atoms. The van der Waals surface area contributed by atoms with Gasteiger partial charge in [0.1, 0.15) is 12.2 Å². The third-order valence-corrected chi connectivity index (χ3v) is 2.79. The van der Waals surface area contributed by atoms with Crippen LogP contribution in [-0.4, -0.2) is 64.4 Å². The molecule has 0 fully saturated rings. The van der Waals surface area contributed by atoms with E-state index in [9.17, 15) is 14.9 Å². The first-order valence-electron chi connectivity index (χ1n) is 6.03. The molecule has 1 aromatic rings. The van der Waals surface area contributed by atoms with Gasteiger partial charge < -0.3 is 14.9 Å². The number of hydrogen-bond donors (Lipinski definition) is 1. The van der Waals surface area contributed by atoms with Gasteiger partial charge in [-0.3, -0.25) is 14.9 Å². The van der Waals surface area contributed by atoms with E-state index in [4.69, 9.17) is 5.11 Å². The molecule has 1 aromatic heterocycles. The Morgan fingerprint density at radius 2 is 2.05 bits per heavy atom. The van der Waals surface area contributed by atoms with Crippen molar-refractivity contribution in [3.05, 3.63) is 15.8 Å². The quantitative estimate of drug-likeness (QED) is 0.559. The average Bonchev–Trinajstić information content (AvgIpc) is 2.58. The lowest BCUT2D eigenvalue weighted by atomic mass is 10.3. The van der Waals surface area contributed by atoms with Gasteiger partial charge in [-0.15, -0.1) is 0 Å². The molecule has 1 N–H and O–H groups in total. The number of rotatable bonds is 7. The van der Waals surface area contributed by atoms with Crippen LogP contribution in [0.25, 0.3) is 0 Å². The van der Waals surface area contributed by atoms with E-state index >= 15 is 0 Å². The molecule has 9 nitrogen and oxygen atoms in total. The Balaban J connectivity index is 3.18. The van der Waals surface area contributed by atoms with E-state index in [1.807, 2.05) is 19.0 Å². The highest BCUT2D eigenvalue weighted by Gasteiger charge is 2.29. The zero-order valence-electron chi connectivity index (χ0n) is 12.0. The van der Waals surface area contributed by atoms with Gasteiger partial charge in [0.2, 0.25) is 5.82 Å². The Morgan fingerprint density at radius 3 is 2.50 bits per heavy atom. The predicted molar refractivity (Wildman–Crippen MR) is 73.0 cm³/mol. The second-order valence-corrected chi connectivity index (χ2v) is 4.76. The highest BCUT2D eigenvalue weighted by atomic mass is 16.6. The Morgan fingerprint density at radius 1 is 1.45 bits per heavy atom. The first-order chi connectivity index (χ1) is 9.23. The lowest BCUT2D eigenvalue weighted by molar-refractivity contribution is -0.384. The van der Waals surface area contributed by atoms with E-state index in [2.05, 4.69) is 5.10 Å². The van der Waals surface area contributed by atoms with Crippen molar-refractivity contribution in [2.75, 3.05) is 38.6 Å². The highest BCUT2D eigenvalue weighted by molar-refractivity contribution is 5.75. The fourth-order valence-electron chi connectivity index (χ4n) is 1.95. The summed E-state index contributed by atoms with van der Waals surface area (Å²) < 4.78 is 1.35. The molecule has 0 bridgehead atoms. The molecular weight excluding hydrogens is 266 g/mol. The number of nitro groups is 1. The number of carbonyl (C=O) groups is 1. The number of carboxylic acid groups (broad SMARTS) is 1. The van der Waals surface area contributed by atoms with Gasteiger partial charge in [0.05, 0.1) is 4.92 Å². The van der Waals surface area contributed by atoms with E-state index in [1.54, 1.807) is 7.05 Å². The molecule has 112 valence electrons. The average molecular weight is 285 g/mol. The van der Waals surface area contributed by atoms with Crippen LogP contribution in [0.1, 0.15) is 5.69 Å². The van der Waals surface area contributed by atoms with Crippen molar-refractivity contribution in [3.63, 3.8) is 0 Å². The maximum atomic E-state index is 11.2. The standard InChI is InChI=1S/C11H19N5O4/c1-8-10(16(19)20)11(14(4)12-8)15(7-9(17)18)6-5-13(2)3/h5-7H2,1-4H3,(H,17,18). The third kappa shape index (κ3) is 3.67. The summed E-state index contributed by atoms with van der Waals surface area (Å²) in [6.45, 7) is 2.16. The van der Waals surface area contributed by atoms with Gasteiger partial charge in [-0.2, -0.15) is 5.10 Å². The largest absolute Gasteiger partial charge is 0.480 e. The Hall–Kier alpha value is -2.16. The van der Waals surface area contributed by atoms with Crippen LogP contribution in [0, 0.1) is 17.0 Å². The van der Waals surface area contributed by atoms with Crippen LogP contribution in [0.15, 0.2) is 0 Å². The van der Waals surface area contributed by atoms with Crippen molar-refractivity contribution >= 4 is 17.5 Å². The second kappa shape index (κ2) is 6.33. The van der Waals surface area contributed by atoms with Crippen molar-refractivity contribution in [2.45, 2.75) is 6.92 Å². The molecule has 0 aliphatic heterocycles. The molecule has 0 unspecified atom stereocenters. The van der Waals surface area contributed by atoms with Crippen LogP contribution < -0.4 is 4.90 Å². The summed E-state index contributed by atoms with van der Waals surface area (Å²) in [6, 6.07) is 0. The van der Waals surface area contributed by atoms with Crippen molar-refractivity contribution in [2.24, 2.45) is 7.05 Å². The SMILES string of the molecule is Cc1nn(C)c(N(CCN(C)C)CC(=O)O)c1[N+](=O)[O-]. The van der Waals surface area contributed by atoms with Crippen LogP contribution in [0.2, 0.25) is 0 Å². The molecular formula is C11H19N5O4. The van der Waals surface area contributed by atoms with E-state index < -0.39 is 10.9 Å². The Kier molecular flexibility index (Phi) is 5.03. The fourth-order valence-corrected chi connectivity index (χ4v) is 1.95. The van der Waals surface area contributed by atoms with Gasteiger partial charge in [-0.25, -0.2) is 4.68 Å². The number of likely N-dealkylation sites (N-methyl/N-ethyl adjacent to an activating group) is 1. The van der Waals surface area contributed by atoms with E-state index in [0.29, 0.717) is 13.1 Å². The smallest absolute Gasteiger partial charge is 0.333 e. The Bertz CT molecular complexity index is 511. The second-order valence-electron chi connectivity index (χ2n) is 4.76. The summed E-state index contributed by atoms with van der Waals surface area (Å²) in [7, 11) is 5.27. The molecule has 1 rings (SSSR count). The molecule has 0 saturated heterocycles. The molecule has 0 aliphatic rings. The highest BCUT2D eigenvalue weighted by Crippen LogP contribution is 2.30. The van der Waals surface area contributed by atoms with Gasteiger partial charge in [-0.05, 0) is 21.0 Å². The number of aryl methyl sites for hydroxylation is 2. The fraction of sp³-hybridized carbons (Fsp3) is 0.636. The molecule has 0 radical (unpaired) electrons. The molecule has 0 atom stereocenters. The number of hydrogen-bond acceptors (Lipinski definition) is 6. The molecule has 0 spiro atoms. The lowest BCUT2D eigenvalue weighted by Gasteiger charge is -2.23. The lowest BCUT2D eigenvalue weighted by Crippen LogP contribution is -2.37. The van der Waals surface area contributed by atoms with Crippen LogP contribution in [0.5, 0.6) is 0 Å². The summed E-state index contributed by atoms with van der Waals surface area (Å²) in [5.74, 6) is -0.825. The number of aromatic nitrogens is 2. The van der Waals surface area contributed by atoms with Crippen LogP contribution >= 0.6 is 0 Å². The molecule has 0 amide bonds. The van der Waals surface area contributed by atoms with Crippen molar-refractivity contribution in [1.29, 1.82) is 0 Å². The zero-order chi connectivity index (χ0) is 15.4.